The van der Waals surface area contributed by atoms with Crippen molar-refractivity contribution in [3.63, 3.8) is 0 Å². The molecule has 0 saturated carbocycles. The summed E-state index contributed by atoms with van der Waals surface area (Å²) in [4.78, 5) is 4.90. The lowest BCUT2D eigenvalue weighted by molar-refractivity contribution is 0.0231. The first-order chi connectivity index (χ1) is 11.2. The molecule has 1 unspecified atom stereocenters. The van der Waals surface area contributed by atoms with Crippen LogP contribution in [0, 0.1) is 6.92 Å². The summed E-state index contributed by atoms with van der Waals surface area (Å²) in [5.74, 6) is 0. The van der Waals surface area contributed by atoms with E-state index in [0.29, 0.717) is 19.8 Å². The SMILES string of the molecule is C=CCOCC(O)CN(Cc1ccccc1)Cc1ccc(C)s1. The molecule has 2 aromatic rings. The summed E-state index contributed by atoms with van der Waals surface area (Å²) in [7, 11) is 0. The van der Waals surface area contributed by atoms with Crippen LogP contribution in [-0.4, -0.2) is 35.9 Å². The maximum absolute atomic E-state index is 10.2. The van der Waals surface area contributed by atoms with Gasteiger partial charge in [0.2, 0.25) is 0 Å². The predicted molar refractivity (Wildman–Crippen MR) is 96.6 cm³/mol. The van der Waals surface area contributed by atoms with Crippen molar-refractivity contribution in [3.8, 4) is 0 Å². The fraction of sp³-hybridized carbons (Fsp3) is 0.368. The maximum Gasteiger partial charge on any atom is 0.0900 e. The Labute approximate surface area is 142 Å². The van der Waals surface area contributed by atoms with Gasteiger partial charge in [0.1, 0.15) is 0 Å². The highest BCUT2D eigenvalue weighted by atomic mass is 32.1. The lowest BCUT2D eigenvalue weighted by Crippen LogP contribution is -2.34. The third-order valence-corrected chi connectivity index (χ3v) is 4.42. The van der Waals surface area contributed by atoms with Crippen LogP contribution in [0.15, 0.2) is 55.1 Å². The summed E-state index contributed by atoms with van der Waals surface area (Å²) in [6.07, 6.45) is 1.20. The molecule has 3 nitrogen and oxygen atoms in total. The van der Waals surface area contributed by atoms with Gasteiger partial charge in [-0.25, -0.2) is 0 Å². The fourth-order valence-electron chi connectivity index (χ4n) is 2.46. The van der Waals surface area contributed by atoms with Crippen LogP contribution in [0.2, 0.25) is 0 Å². The van der Waals surface area contributed by atoms with Gasteiger partial charge >= 0.3 is 0 Å². The molecule has 1 aromatic heterocycles. The Kier molecular flexibility index (Phi) is 7.49. The first-order valence-corrected chi connectivity index (χ1v) is 8.67. The number of aryl methyl sites for hydroxylation is 1. The molecule has 0 aliphatic rings. The van der Waals surface area contributed by atoms with Crippen molar-refractivity contribution >= 4 is 11.3 Å². The van der Waals surface area contributed by atoms with Gasteiger partial charge in [0, 0.05) is 29.4 Å². The van der Waals surface area contributed by atoms with Crippen molar-refractivity contribution in [1.29, 1.82) is 0 Å². The van der Waals surface area contributed by atoms with E-state index in [4.69, 9.17) is 4.74 Å². The average molecular weight is 331 g/mol. The molecule has 1 aromatic carbocycles. The van der Waals surface area contributed by atoms with Crippen molar-refractivity contribution in [2.24, 2.45) is 0 Å². The minimum absolute atomic E-state index is 0.334. The van der Waals surface area contributed by atoms with Gasteiger partial charge < -0.3 is 9.84 Å². The summed E-state index contributed by atoms with van der Waals surface area (Å²) in [5, 5.41) is 10.2. The van der Waals surface area contributed by atoms with Gasteiger partial charge in [-0.05, 0) is 24.6 Å². The molecule has 0 amide bonds. The molecular formula is C19H25NO2S. The van der Waals surface area contributed by atoms with Gasteiger partial charge in [-0.2, -0.15) is 0 Å². The Morgan fingerprint density at radius 2 is 2.00 bits per heavy atom. The molecule has 0 aliphatic heterocycles. The number of rotatable bonds is 10. The predicted octanol–water partition coefficient (Wildman–Crippen LogP) is 3.62. The zero-order valence-electron chi connectivity index (χ0n) is 13.6. The van der Waals surface area contributed by atoms with E-state index < -0.39 is 6.10 Å². The van der Waals surface area contributed by atoms with E-state index in [2.05, 4.69) is 42.7 Å². The van der Waals surface area contributed by atoms with Gasteiger partial charge in [0.15, 0.2) is 0 Å². The van der Waals surface area contributed by atoms with E-state index >= 15 is 0 Å². The van der Waals surface area contributed by atoms with Crippen LogP contribution < -0.4 is 0 Å². The number of hydrogen-bond donors (Lipinski definition) is 1. The third kappa shape index (κ3) is 6.67. The van der Waals surface area contributed by atoms with Crippen LogP contribution in [-0.2, 0) is 17.8 Å². The molecule has 2 rings (SSSR count). The molecule has 0 saturated heterocycles. The van der Waals surface area contributed by atoms with Gasteiger partial charge in [-0.1, -0.05) is 36.4 Å². The van der Waals surface area contributed by atoms with E-state index in [0.717, 1.165) is 13.1 Å². The maximum atomic E-state index is 10.2. The zero-order chi connectivity index (χ0) is 16.5. The summed E-state index contributed by atoms with van der Waals surface area (Å²) >= 11 is 1.81. The van der Waals surface area contributed by atoms with Crippen molar-refractivity contribution in [2.45, 2.75) is 26.1 Å². The Hall–Kier alpha value is -1.46. The molecule has 0 radical (unpaired) electrons. The van der Waals surface area contributed by atoms with E-state index in [-0.39, 0.29) is 0 Å². The number of aliphatic hydroxyl groups is 1. The van der Waals surface area contributed by atoms with Crippen LogP contribution >= 0.6 is 11.3 Å². The van der Waals surface area contributed by atoms with Crippen LogP contribution in [0.25, 0.3) is 0 Å². The second-order valence-electron chi connectivity index (χ2n) is 5.65. The van der Waals surface area contributed by atoms with Crippen LogP contribution in [0.1, 0.15) is 15.3 Å². The number of benzene rings is 1. The first-order valence-electron chi connectivity index (χ1n) is 7.85. The summed E-state index contributed by atoms with van der Waals surface area (Å²) in [5.41, 5.74) is 1.25. The molecule has 0 aliphatic carbocycles. The minimum atomic E-state index is -0.500. The molecule has 1 atom stereocenters. The summed E-state index contributed by atoms with van der Waals surface area (Å²) in [6.45, 7) is 8.78. The number of thiophene rings is 1. The van der Waals surface area contributed by atoms with Crippen molar-refractivity contribution in [3.05, 3.63) is 70.4 Å². The lowest BCUT2D eigenvalue weighted by atomic mass is 10.2. The van der Waals surface area contributed by atoms with Gasteiger partial charge in [0.25, 0.3) is 0 Å². The number of aliphatic hydroxyl groups excluding tert-OH is 1. The Morgan fingerprint density at radius 1 is 1.22 bits per heavy atom. The quantitative estimate of drug-likeness (QED) is 0.533. The highest BCUT2D eigenvalue weighted by Gasteiger charge is 2.14. The van der Waals surface area contributed by atoms with Crippen LogP contribution in [0.4, 0.5) is 0 Å². The normalized spacial score (nSPS) is 12.5. The second-order valence-corrected chi connectivity index (χ2v) is 7.02. The van der Waals surface area contributed by atoms with E-state index in [1.54, 1.807) is 6.08 Å². The Bertz CT molecular complexity index is 582. The number of hydrogen-bond acceptors (Lipinski definition) is 4. The summed E-state index contributed by atoms with van der Waals surface area (Å²) < 4.78 is 5.36. The highest BCUT2D eigenvalue weighted by molar-refractivity contribution is 7.11. The molecular weight excluding hydrogens is 306 g/mol. The monoisotopic (exact) mass is 331 g/mol. The highest BCUT2D eigenvalue weighted by Crippen LogP contribution is 2.18. The van der Waals surface area contributed by atoms with Crippen molar-refractivity contribution in [2.75, 3.05) is 19.8 Å². The fourth-order valence-corrected chi connectivity index (χ4v) is 3.39. The lowest BCUT2D eigenvalue weighted by Gasteiger charge is -2.24. The standard InChI is InChI=1S/C19H25NO2S/c1-3-11-22-15-18(21)13-20(12-17-7-5-4-6-8-17)14-19-10-9-16(2)23-19/h3-10,18,21H,1,11-15H2,2H3. The Morgan fingerprint density at radius 3 is 2.65 bits per heavy atom. The minimum Gasteiger partial charge on any atom is -0.389 e. The third-order valence-electron chi connectivity index (χ3n) is 3.44. The van der Waals surface area contributed by atoms with E-state index in [9.17, 15) is 5.11 Å². The van der Waals surface area contributed by atoms with Gasteiger partial charge in [0.05, 0.1) is 19.3 Å². The number of ether oxygens (including phenoxy) is 1. The smallest absolute Gasteiger partial charge is 0.0900 e. The zero-order valence-corrected chi connectivity index (χ0v) is 14.5. The molecule has 0 bridgehead atoms. The largest absolute Gasteiger partial charge is 0.389 e. The molecule has 0 fully saturated rings. The molecule has 0 spiro atoms. The van der Waals surface area contributed by atoms with Crippen LogP contribution in [0.5, 0.6) is 0 Å². The van der Waals surface area contributed by atoms with Crippen molar-refractivity contribution in [1.82, 2.24) is 4.90 Å². The first kappa shape index (κ1) is 17.9. The van der Waals surface area contributed by atoms with Gasteiger partial charge in [-0.15, -0.1) is 17.9 Å². The molecule has 1 N–H and O–H groups in total. The Balaban J connectivity index is 1.96. The van der Waals surface area contributed by atoms with E-state index in [1.807, 2.05) is 29.5 Å². The average Bonchev–Trinajstić information content (AvgIpc) is 2.93. The van der Waals surface area contributed by atoms with E-state index in [1.165, 1.54) is 15.3 Å². The molecule has 124 valence electrons. The molecule has 1 heterocycles. The molecule has 4 heteroatoms. The van der Waals surface area contributed by atoms with Gasteiger partial charge in [-0.3, -0.25) is 4.90 Å². The number of nitrogens with zero attached hydrogens (tertiary/aromatic N) is 1. The second kappa shape index (κ2) is 9.63. The van der Waals surface area contributed by atoms with Crippen molar-refractivity contribution < 1.29 is 9.84 Å². The molecule has 23 heavy (non-hydrogen) atoms. The summed E-state index contributed by atoms with van der Waals surface area (Å²) in [6, 6.07) is 14.7. The van der Waals surface area contributed by atoms with Crippen LogP contribution in [0.3, 0.4) is 0 Å². The topological polar surface area (TPSA) is 32.7 Å².